The van der Waals surface area contributed by atoms with E-state index in [4.69, 9.17) is 23.7 Å². The molecule has 1 aromatic carbocycles. The average Bonchev–Trinajstić information content (AvgIpc) is 3.26. The van der Waals surface area contributed by atoms with Gasteiger partial charge in [0, 0.05) is 25.1 Å². The van der Waals surface area contributed by atoms with Gasteiger partial charge in [-0.25, -0.2) is 0 Å². The van der Waals surface area contributed by atoms with Gasteiger partial charge in [0.1, 0.15) is 5.56 Å². The fourth-order valence-electron chi connectivity index (χ4n) is 3.68. The average molecular weight is 396 g/mol. The summed E-state index contributed by atoms with van der Waals surface area (Å²) in [6.07, 6.45) is 1.18. The van der Waals surface area contributed by atoms with Crippen LogP contribution in [0.5, 0.6) is 17.2 Å². The van der Waals surface area contributed by atoms with Crippen molar-refractivity contribution in [2.24, 2.45) is 5.92 Å². The Morgan fingerprint density at radius 3 is 2.21 bits per heavy atom. The van der Waals surface area contributed by atoms with Gasteiger partial charge in [0.05, 0.1) is 39.5 Å². The maximum atomic E-state index is 13.1. The van der Waals surface area contributed by atoms with Crippen molar-refractivity contribution in [1.82, 2.24) is 4.90 Å². The Balaban J connectivity index is 1.87. The van der Waals surface area contributed by atoms with E-state index in [2.05, 4.69) is 0 Å². The van der Waals surface area contributed by atoms with E-state index in [1.807, 2.05) is 0 Å². The fourth-order valence-corrected chi connectivity index (χ4v) is 3.68. The van der Waals surface area contributed by atoms with Crippen LogP contribution in [0.1, 0.15) is 23.2 Å². The minimum Gasteiger partial charge on any atom is -0.493 e. The molecule has 154 valence electrons. The van der Waals surface area contributed by atoms with Gasteiger partial charge in [-0.3, -0.25) is 14.9 Å². The van der Waals surface area contributed by atoms with E-state index in [9.17, 15) is 14.9 Å². The Kier molecular flexibility index (Phi) is 6.20. The summed E-state index contributed by atoms with van der Waals surface area (Å²) in [5, 5.41) is 11.7. The van der Waals surface area contributed by atoms with Crippen LogP contribution in [0.2, 0.25) is 0 Å². The highest BCUT2D eigenvalue weighted by Crippen LogP contribution is 2.46. The predicted octanol–water partition coefficient (Wildman–Crippen LogP) is 1.85. The van der Waals surface area contributed by atoms with Gasteiger partial charge in [0.15, 0.2) is 12.0 Å². The molecule has 1 amide bonds. The summed E-state index contributed by atoms with van der Waals surface area (Å²) in [5.74, 6) is -0.115. The minimum atomic E-state index is -0.638. The summed E-state index contributed by atoms with van der Waals surface area (Å²) in [6.45, 7) is 2.09. The maximum Gasteiger partial charge on any atom is 0.327 e. The van der Waals surface area contributed by atoms with E-state index >= 15 is 0 Å². The van der Waals surface area contributed by atoms with E-state index in [0.29, 0.717) is 39.1 Å². The number of carbonyl (C=O) groups is 1. The number of nitro groups is 1. The number of piperidine rings is 1. The first-order valence-electron chi connectivity index (χ1n) is 9.01. The van der Waals surface area contributed by atoms with E-state index in [-0.39, 0.29) is 35.0 Å². The zero-order valence-corrected chi connectivity index (χ0v) is 16.1. The Hall–Kier alpha value is -2.59. The zero-order chi connectivity index (χ0) is 20.3. The van der Waals surface area contributed by atoms with Crippen molar-refractivity contribution in [3.05, 3.63) is 21.7 Å². The second-order valence-corrected chi connectivity index (χ2v) is 6.54. The number of rotatable bonds is 6. The number of benzene rings is 1. The van der Waals surface area contributed by atoms with Crippen molar-refractivity contribution >= 4 is 11.6 Å². The lowest BCUT2D eigenvalue weighted by Gasteiger charge is -2.33. The second-order valence-electron chi connectivity index (χ2n) is 6.54. The number of carbonyl (C=O) groups excluding carboxylic acids is 1. The molecule has 3 rings (SSSR count). The van der Waals surface area contributed by atoms with Gasteiger partial charge >= 0.3 is 5.69 Å². The summed E-state index contributed by atoms with van der Waals surface area (Å²) in [4.78, 5) is 25.8. The standard InChI is InChI=1S/C18H24N2O8/c1-24-13-10-12(14(20(22)23)16(26-3)15(13)25-2)17(21)19-6-4-11(5-7-19)18-27-8-9-28-18/h10-11,18H,4-9H2,1-3H3. The van der Waals surface area contributed by atoms with Gasteiger partial charge in [0.25, 0.3) is 5.91 Å². The first kappa shape index (κ1) is 20.2. The molecule has 0 unspecified atom stereocenters. The minimum absolute atomic E-state index is 0.0717. The molecule has 0 aliphatic carbocycles. The monoisotopic (exact) mass is 396 g/mol. The Morgan fingerprint density at radius 1 is 1.11 bits per heavy atom. The third-order valence-electron chi connectivity index (χ3n) is 5.08. The lowest BCUT2D eigenvalue weighted by Crippen LogP contribution is -2.41. The quantitative estimate of drug-likeness (QED) is 0.529. The molecule has 10 nitrogen and oxygen atoms in total. The Labute approximate surface area is 162 Å². The van der Waals surface area contributed by atoms with Crippen molar-refractivity contribution < 1.29 is 33.4 Å². The van der Waals surface area contributed by atoms with Gasteiger partial charge in [-0.15, -0.1) is 0 Å². The highest BCUT2D eigenvalue weighted by Gasteiger charge is 2.37. The molecule has 0 spiro atoms. The lowest BCUT2D eigenvalue weighted by molar-refractivity contribution is -0.386. The van der Waals surface area contributed by atoms with Gasteiger partial charge in [0.2, 0.25) is 11.5 Å². The number of likely N-dealkylation sites (tertiary alicyclic amines) is 1. The van der Waals surface area contributed by atoms with Crippen LogP contribution in [-0.2, 0) is 9.47 Å². The van der Waals surface area contributed by atoms with Crippen LogP contribution < -0.4 is 14.2 Å². The molecule has 28 heavy (non-hydrogen) atoms. The maximum absolute atomic E-state index is 13.1. The number of methoxy groups -OCH3 is 3. The molecule has 10 heteroatoms. The molecule has 2 fully saturated rings. The highest BCUT2D eigenvalue weighted by molar-refractivity contribution is 6.00. The van der Waals surface area contributed by atoms with E-state index in [1.165, 1.54) is 27.4 Å². The van der Waals surface area contributed by atoms with Crippen LogP contribution in [0.3, 0.4) is 0 Å². The third-order valence-corrected chi connectivity index (χ3v) is 5.08. The lowest BCUT2D eigenvalue weighted by atomic mass is 9.95. The SMILES string of the molecule is COc1cc(C(=O)N2CCC(C3OCCO3)CC2)c([N+](=O)[O-])c(OC)c1OC. The molecule has 0 aromatic heterocycles. The summed E-state index contributed by atoms with van der Waals surface area (Å²) in [7, 11) is 4.03. The van der Waals surface area contributed by atoms with Gasteiger partial charge in [-0.05, 0) is 12.8 Å². The molecule has 2 aliphatic heterocycles. The van der Waals surface area contributed by atoms with Gasteiger partial charge < -0.3 is 28.6 Å². The number of hydrogen-bond acceptors (Lipinski definition) is 8. The summed E-state index contributed by atoms with van der Waals surface area (Å²) >= 11 is 0. The molecule has 2 aliphatic rings. The van der Waals surface area contributed by atoms with Crippen molar-refractivity contribution in [3.63, 3.8) is 0 Å². The molecule has 2 saturated heterocycles. The van der Waals surface area contributed by atoms with Crippen molar-refractivity contribution in [2.75, 3.05) is 47.6 Å². The van der Waals surface area contributed by atoms with Gasteiger partial charge in [-0.1, -0.05) is 0 Å². The molecule has 0 atom stereocenters. The highest BCUT2D eigenvalue weighted by atomic mass is 16.7. The van der Waals surface area contributed by atoms with Crippen LogP contribution in [0.25, 0.3) is 0 Å². The largest absolute Gasteiger partial charge is 0.493 e. The number of hydrogen-bond donors (Lipinski definition) is 0. The zero-order valence-electron chi connectivity index (χ0n) is 16.1. The molecule has 0 N–H and O–H groups in total. The first-order valence-corrected chi connectivity index (χ1v) is 9.01. The van der Waals surface area contributed by atoms with Crippen LogP contribution in [0.15, 0.2) is 6.07 Å². The number of nitro benzene ring substituents is 1. The first-order chi connectivity index (χ1) is 13.5. The van der Waals surface area contributed by atoms with E-state index < -0.39 is 16.5 Å². The molecular formula is C18H24N2O8. The van der Waals surface area contributed by atoms with Crippen molar-refractivity contribution in [3.8, 4) is 17.2 Å². The van der Waals surface area contributed by atoms with Crippen LogP contribution in [0.4, 0.5) is 5.69 Å². The Morgan fingerprint density at radius 2 is 1.71 bits per heavy atom. The van der Waals surface area contributed by atoms with Crippen molar-refractivity contribution in [1.29, 1.82) is 0 Å². The van der Waals surface area contributed by atoms with Crippen LogP contribution >= 0.6 is 0 Å². The topological polar surface area (TPSA) is 110 Å². The summed E-state index contributed by atoms with van der Waals surface area (Å²) in [5.41, 5.74) is -0.527. The predicted molar refractivity (Wildman–Crippen MR) is 97.1 cm³/mol. The van der Waals surface area contributed by atoms with Gasteiger partial charge in [-0.2, -0.15) is 0 Å². The molecule has 2 heterocycles. The third kappa shape index (κ3) is 3.69. The summed E-state index contributed by atoms with van der Waals surface area (Å²) < 4.78 is 26.7. The smallest absolute Gasteiger partial charge is 0.327 e. The van der Waals surface area contributed by atoms with E-state index in [1.54, 1.807) is 4.90 Å². The second kappa shape index (κ2) is 8.61. The van der Waals surface area contributed by atoms with Crippen LogP contribution in [0, 0.1) is 16.0 Å². The molecular weight excluding hydrogens is 372 g/mol. The van der Waals surface area contributed by atoms with Crippen molar-refractivity contribution in [2.45, 2.75) is 19.1 Å². The normalized spacial score (nSPS) is 18.2. The molecule has 0 bridgehead atoms. The van der Waals surface area contributed by atoms with E-state index in [0.717, 1.165) is 0 Å². The fraction of sp³-hybridized carbons (Fsp3) is 0.611. The van der Waals surface area contributed by atoms with Crippen LogP contribution in [-0.4, -0.2) is 69.7 Å². The number of ether oxygens (including phenoxy) is 5. The summed E-state index contributed by atoms with van der Waals surface area (Å²) in [6, 6.07) is 1.33. The number of amides is 1. The number of nitrogens with zero attached hydrogens (tertiary/aromatic N) is 2. The molecule has 1 aromatic rings. The Bertz CT molecular complexity index is 740. The molecule has 0 saturated carbocycles. The molecule has 0 radical (unpaired) electrons.